The van der Waals surface area contributed by atoms with E-state index in [1.54, 1.807) is 34.9 Å². The number of allylic oxidation sites excluding steroid dienone is 1. The normalized spacial score (nSPS) is 10.7. The summed E-state index contributed by atoms with van der Waals surface area (Å²) in [4.78, 5) is 25.2. The van der Waals surface area contributed by atoms with E-state index in [0.717, 1.165) is 17.0 Å². The van der Waals surface area contributed by atoms with Gasteiger partial charge < -0.3 is 19.9 Å². The lowest BCUT2D eigenvalue weighted by atomic mass is 10.0. The van der Waals surface area contributed by atoms with Crippen molar-refractivity contribution in [1.82, 2.24) is 14.8 Å². The SMILES string of the molecule is C=CCn1c(CC(=O)Nc2ccc(OCC)cc2)nnc1SCC(=O)Nc1ccccc1C(C)C. The number of hydrogen-bond acceptors (Lipinski definition) is 6. The molecule has 0 atom stereocenters. The van der Waals surface area contributed by atoms with Crippen LogP contribution in [0, 0.1) is 0 Å². The number of hydrogen-bond donors (Lipinski definition) is 2. The summed E-state index contributed by atoms with van der Waals surface area (Å²) in [5.74, 6) is 1.36. The molecule has 0 spiro atoms. The van der Waals surface area contributed by atoms with Gasteiger partial charge in [-0.15, -0.1) is 16.8 Å². The number of carbonyl (C=O) groups excluding carboxylic acids is 2. The van der Waals surface area contributed by atoms with Crippen molar-refractivity contribution in [1.29, 1.82) is 0 Å². The average molecular weight is 494 g/mol. The number of amides is 2. The fourth-order valence-corrected chi connectivity index (χ4v) is 4.22. The zero-order valence-corrected chi connectivity index (χ0v) is 21.1. The molecule has 0 saturated heterocycles. The van der Waals surface area contributed by atoms with E-state index in [1.807, 2.05) is 31.2 Å². The third kappa shape index (κ3) is 7.45. The molecule has 3 aromatic rings. The van der Waals surface area contributed by atoms with Crippen molar-refractivity contribution in [3.63, 3.8) is 0 Å². The Labute approximate surface area is 210 Å². The number of rotatable bonds is 12. The highest BCUT2D eigenvalue weighted by molar-refractivity contribution is 7.99. The summed E-state index contributed by atoms with van der Waals surface area (Å²) in [5.41, 5.74) is 2.56. The van der Waals surface area contributed by atoms with Gasteiger partial charge >= 0.3 is 0 Å². The fraction of sp³-hybridized carbons (Fsp3) is 0.308. The predicted octanol–water partition coefficient (Wildman–Crippen LogP) is 4.90. The molecule has 0 aliphatic rings. The van der Waals surface area contributed by atoms with Crippen molar-refractivity contribution in [2.75, 3.05) is 23.0 Å². The molecule has 184 valence electrons. The van der Waals surface area contributed by atoms with E-state index in [4.69, 9.17) is 4.74 Å². The number of anilines is 2. The zero-order chi connectivity index (χ0) is 25.2. The lowest BCUT2D eigenvalue weighted by molar-refractivity contribution is -0.116. The Morgan fingerprint density at radius 1 is 1.09 bits per heavy atom. The van der Waals surface area contributed by atoms with Crippen molar-refractivity contribution >= 4 is 35.0 Å². The molecular formula is C26H31N5O3S. The van der Waals surface area contributed by atoms with Crippen LogP contribution >= 0.6 is 11.8 Å². The van der Waals surface area contributed by atoms with Crippen LogP contribution in [0.2, 0.25) is 0 Å². The Hall–Kier alpha value is -3.59. The van der Waals surface area contributed by atoms with Gasteiger partial charge in [0.2, 0.25) is 11.8 Å². The molecule has 0 unspecified atom stereocenters. The Balaban J connectivity index is 1.61. The van der Waals surface area contributed by atoms with E-state index in [1.165, 1.54) is 11.8 Å². The molecule has 1 aromatic heterocycles. The monoisotopic (exact) mass is 493 g/mol. The predicted molar refractivity (Wildman–Crippen MR) is 140 cm³/mol. The van der Waals surface area contributed by atoms with E-state index in [2.05, 4.69) is 41.3 Å². The smallest absolute Gasteiger partial charge is 0.234 e. The van der Waals surface area contributed by atoms with Crippen LogP contribution in [0.25, 0.3) is 0 Å². The number of nitrogens with zero attached hydrogens (tertiary/aromatic N) is 3. The van der Waals surface area contributed by atoms with Crippen LogP contribution in [0.15, 0.2) is 66.3 Å². The number of carbonyl (C=O) groups is 2. The Kier molecular flexibility index (Phi) is 9.48. The number of ether oxygens (including phenoxy) is 1. The number of thioether (sulfide) groups is 1. The summed E-state index contributed by atoms with van der Waals surface area (Å²) in [7, 11) is 0. The van der Waals surface area contributed by atoms with E-state index >= 15 is 0 Å². The van der Waals surface area contributed by atoms with Crippen molar-refractivity contribution in [3.05, 3.63) is 72.6 Å². The Morgan fingerprint density at radius 2 is 1.83 bits per heavy atom. The minimum atomic E-state index is -0.216. The van der Waals surface area contributed by atoms with Gasteiger partial charge in [-0.05, 0) is 48.7 Å². The largest absolute Gasteiger partial charge is 0.494 e. The maximum Gasteiger partial charge on any atom is 0.234 e. The van der Waals surface area contributed by atoms with Crippen LogP contribution < -0.4 is 15.4 Å². The van der Waals surface area contributed by atoms with E-state index in [-0.39, 0.29) is 24.0 Å². The topological polar surface area (TPSA) is 98.1 Å². The van der Waals surface area contributed by atoms with Crippen LogP contribution in [0.1, 0.15) is 38.1 Å². The number of nitrogens with one attached hydrogen (secondary N) is 2. The molecule has 1 heterocycles. The Bertz CT molecular complexity index is 1160. The minimum Gasteiger partial charge on any atom is -0.494 e. The van der Waals surface area contributed by atoms with Gasteiger partial charge in [-0.2, -0.15) is 0 Å². The molecule has 0 fully saturated rings. The highest BCUT2D eigenvalue weighted by Gasteiger charge is 2.17. The lowest BCUT2D eigenvalue weighted by Gasteiger charge is -2.13. The second-order valence-corrected chi connectivity index (χ2v) is 9.00. The molecule has 0 radical (unpaired) electrons. The second kappa shape index (κ2) is 12.8. The average Bonchev–Trinajstić information content (AvgIpc) is 3.20. The van der Waals surface area contributed by atoms with Crippen LogP contribution in [0.4, 0.5) is 11.4 Å². The summed E-state index contributed by atoms with van der Waals surface area (Å²) in [6, 6.07) is 15.0. The fourth-order valence-electron chi connectivity index (χ4n) is 3.45. The van der Waals surface area contributed by atoms with Gasteiger partial charge in [-0.25, -0.2) is 0 Å². The number of aromatic nitrogens is 3. The van der Waals surface area contributed by atoms with Gasteiger partial charge in [0.25, 0.3) is 0 Å². The third-order valence-corrected chi connectivity index (χ3v) is 6.03. The molecule has 2 aromatic carbocycles. The molecule has 8 nitrogen and oxygen atoms in total. The van der Waals surface area contributed by atoms with Crippen molar-refractivity contribution in [2.24, 2.45) is 0 Å². The second-order valence-electron chi connectivity index (χ2n) is 8.06. The van der Waals surface area contributed by atoms with Crippen LogP contribution in [0.5, 0.6) is 5.75 Å². The quantitative estimate of drug-likeness (QED) is 0.275. The van der Waals surface area contributed by atoms with Crippen LogP contribution in [-0.4, -0.2) is 38.9 Å². The highest BCUT2D eigenvalue weighted by Crippen LogP contribution is 2.25. The molecule has 0 aliphatic heterocycles. The van der Waals surface area contributed by atoms with E-state index in [0.29, 0.717) is 35.7 Å². The third-order valence-electron chi connectivity index (χ3n) is 5.06. The molecule has 0 aliphatic carbocycles. The maximum absolute atomic E-state index is 12.6. The molecule has 3 rings (SSSR count). The molecule has 35 heavy (non-hydrogen) atoms. The van der Waals surface area contributed by atoms with Crippen LogP contribution in [0.3, 0.4) is 0 Å². The molecule has 9 heteroatoms. The lowest BCUT2D eigenvalue weighted by Crippen LogP contribution is -2.18. The zero-order valence-electron chi connectivity index (χ0n) is 20.3. The maximum atomic E-state index is 12.6. The van der Waals surface area contributed by atoms with E-state index in [9.17, 15) is 9.59 Å². The molecular weight excluding hydrogens is 462 g/mol. The molecule has 0 bridgehead atoms. The summed E-state index contributed by atoms with van der Waals surface area (Å²) in [5, 5.41) is 14.8. The highest BCUT2D eigenvalue weighted by atomic mass is 32.2. The van der Waals surface area contributed by atoms with Gasteiger partial charge in [0.1, 0.15) is 11.6 Å². The summed E-state index contributed by atoms with van der Waals surface area (Å²) in [6.07, 6.45) is 1.75. The standard InChI is InChI=1S/C26H31N5O3S/c1-5-15-31-23(16-24(32)27-19-11-13-20(14-12-19)34-6-2)29-30-26(31)35-17-25(33)28-22-10-8-7-9-21(22)18(3)4/h5,7-14,18H,1,6,15-17H2,2-4H3,(H,27,32)(H,28,33). The van der Waals surface area contributed by atoms with Gasteiger partial charge in [0, 0.05) is 17.9 Å². The van der Waals surface area contributed by atoms with Crippen LogP contribution in [-0.2, 0) is 22.6 Å². The van der Waals surface area contributed by atoms with E-state index < -0.39 is 0 Å². The van der Waals surface area contributed by atoms with Gasteiger partial charge in [0.05, 0.1) is 18.8 Å². The van der Waals surface area contributed by atoms with Crippen molar-refractivity contribution < 1.29 is 14.3 Å². The van der Waals surface area contributed by atoms with Gasteiger partial charge in [-0.3, -0.25) is 9.59 Å². The number of benzene rings is 2. The van der Waals surface area contributed by atoms with Crippen molar-refractivity contribution in [2.45, 2.75) is 44.8 Å². The first kappa shape index (κ1) is 26.0. The number of para-hydroxylation sites is 1. The van der Waals surface area contributed by atoms with Gasteiger partial charge in [0.15, 0.2) is 5.16 Å². The first-order chi connectivity index (χ1) is 16.9. The summed E-state index contributed by atoms with van der Waals surface area (Å²) in [6.45, 7) is 10.9. The molecule has 2 N–H and O–H groups in total. The van der Waals surface area contributed by atoms with Crippen molar-refractivity contribution in [3.8, 4) is 5.75 Å². The first-order valence-electron chi connectivity index (χ1n) is 11.5. The van der Waals surface area contributed by atoms with Gasteiger partial charge in [-0.1, -0.05) is 49.9 Å². The minimum absolute atomic E-state index is 0.0442. The molecule has 2 amide bonds. The summed E-state index contributed by atoms with van der Waals surface area (Å²) >= 11 is 1.27. The summed E-state index contributed by atoms with van der Waals surface area (Å²) < 4.78 is 7.22. The first-order valence-corrected chi connectivity index (χ1v) is 12.5. The molecule has 0 saturated carbocycles. The Morgan fingerprint density at radius 3 is 2.51 bits per heavy atom.